The molecular weight excluding hydrogens is 438 g/mol. The molecule has 0 bridgehead atoms. The van der Waals surface area contributed by atoms with Gasteiger partial charge in [-0.25, -0.2) is 8.42 Å². The summed E-state index contributed by atoms with van der Waals surface area (Å²) in [5.41, 5.74) is 0.765. The molecule has 3 rings (SSSR count). The Morgan fingerprint density at radius 1 is 1.17 bits per heavy atom. The van der Waals surface area contributed by atoms with Gasteiger partial charge in [-0.3, -0.25) is 4.79 Å². The molecule has 1 aliphatic heterocycles. The zero-order chi connectivity index (χ0) is 21.9. The first-order valence-electron chi connectivity index (χ1n) is 9.27. The van der Waals surface area contributed by atoms with Gasteiger partial charge in [0.05, 0.1) is 15.5 Å². The summed E-state index contributed by atoms with van der Waals surface area (Å²) in [5.74, 6) is -0.433. The van der Waals surface area contributed by atoms with Crippen LogP contribution in [0.3, 0.4) is 0 Å². The van der Waals surface area contributed by atoms with Gasteiger partial charge in [0.1, 0.15) is 5.75 Å². The van der Waals surface area contributed by atoms with Crippen molar-refractivity contribution in [3.05, 3.63) is 58.6 Å². The van der Waals surface area contributed by atoms with Crippen LogP contribution in [0.1, 0.15) is 28.8 Å². The second-order valence-electron chi connectivity index (χ2n) is 6.94. The van der Waals surface area contributed by atoms with Crippen LogP contribution in [0.5, 0.6) is 5.75 Å². The van der Waals surface area contributed by atoms with Crippen molar-refractivity contribution in [2.75, 3.05) is 20.1 Å². The second kappa shape index (κ2) is 9.28. The van der Waals surface area contributed by atoms with Gasteiger partial charge in [0, 0.05) is 26.7 Å². The smallest absolute Gasteiger partial charge is 0.387 e. The number of halogens is 3. The fraction of sp³-hybridized carbons (Fsp3) is 0.350. The normalized spacial score (nSPS) is 14.8. The maximum absolute atomic E-state index is 12.9. The van der Waals surface area contributed by atoms with Crippen LogP contribution in [-0.4, -0.2) is 50.3 Å². The number of amides is 1. The lowest BCUT2D eigenvalue weighted by Crippen LogP contribution is -2.29. The largest absolute Gasteiger partial charge is 0.435 e. The van der Waals surface area contributed by atoms with Crippen molar-refractivity contribution in [1.82, 2.24) is 9.21 Å². The topological polar surface area (TPSA) is 66.9 Å². The highest BCUT2D eigenvalue weighted by molar-refractivity contribution is 7.89. The summed E-state index contributed by atoms with van der Waals surface area (Å²) in [6.07, 6.45) is 1.62. The van der Waals surface area contributed by atoms with Crippen molar-refractivity contribution < 1.29 is 26.7 Å². The van der Waals surface area contributed by atoms with E-state index >= 15 is 0 Å². The summed E-state index contributed by atoms with van der Waals surface area (Å²) in [4.78, 5) is 14.3. The lowest BCUT2D eigenvalue weighted by Gasteiger charge is -2.20. The molecule has 10 heteroatoms. The number of carbonyl (C=O) groups excluding carboxylic acids is 1. The summed E-state index contributed by atoms with van der Waals surface area (Å²) < 4.78 is 55.8. The molecule has 1 aliphatic rings. The van der Waals surface area contributed by atoms with Gasteiger partial charge >= 0.3 is 6.61 Å². The van der Waals surface area contributed by atoms with E-state index in [4.69, 9.17) is 11.6 Å². The maximum Gasteiger partial charge on any atom is 0.387 e. The van der Waals surface area contributed by atoms with Crippen molar-refractivity contribution in [2.24, 2.45) is 0 Å². The van der Waals surface area contributed by atoms with Gasteiger partial charge < -0.3 is 9.64 Å². The fourth-order valence-electron chi connectivity index (χ4n) is 3.23. The van der Waals surface area contributed by atoms with Crippen molar-refractivity contribution in [1.29, 1.82) is 0 Å². The Bertz CT molecular complexity index is 1010. The molecule has 1 heterocycles. The van der Waals surface area contributed by atoms with E-state index in [9.17, 15) is 22.0 Å². The van der Waals surface area contributed by atoms with E-state index in [2.05, 4.69) is 4.74 Å². The molecule has 2 aromatic rings. The number of ether oxygens (including phenoxy) is 1. The minimum atomic E-state index is -3.68. The van der Waals surface area contributed by atoms with Crippen molar-refractivity contribution >= 4 is 27.5 Å². The van der Waals surface area contributed by atoms with Crippen LogP contribution in [0, 0.1) is 0 Å². The van der Waals surface area contributed by atoms with E-state index in [1.165, 1.54) is 39.5 Å². The van der Waals surface area contributed by atoms with Crippen LogP contribution in [0.4, 0.5) is 8.78 Å². The van der Waals surface area contributed by atoms with Gasteiger partial charge in [-0.05, 0) is 48.7 Å². The zero-order valence-corrected chi connectivity index (χ0v) is 17.8. The Morgan fingerprint density at radius 2 is 1.80 bits per heavy atom. The standard InChI is InChI=1S/C20H21ClF2N2O4S/c1-24(13-14-4-6-15(7-5-14)29-20(22)23)19(26)17-12-16(8-9-18(17)21)30(27,28)25-10-2-3-11-25/h4-9,12,20H,2-3,10-11,13H2,1H3. The average molecular weight is 459 g/mol. The number of sulfonamides is 1. The predicted octanol–water partition coefficient (Wildman–Crippen LogP) is 4.00. The molecule has 0 spiro atoms. The zero-order valence-electron chi connectivity index (χ0n) is 16.2. The van der Waals surface area contributed by atoms with Crippen LogP contribution in [0.25, 0.3) is 0 Å². The van der Waals surface area contributed by atoms with E-state index in [1.807, 2.05) is 0 Å². The highest BCUT2D eigenvalue weighted by atomic mass is 35.5. The Labute approximate surface area is 179 Å². The number of benzene rings is 2. The predicted molar refractivity (Wildman–Crippen MR) is 108 cm³/mol. The minimum absolute atomic E-state index is 0.0191. The summed E-state index contributed by atoms with van der Waals surface area (Å²) >= 11 is 6.17. The van der Waals surface area contributed by atoms with Gasteiger partial charge in [0.15, 0.2) is 0 Å². The minimum Gasteiger partial charge on any atom is -0.435 e. The first kappa shape index (κ1) is 22.5. The van der Waals surface area contributed by atoms with Gasteiger partial charge in [-0.2, -0.15) is 13.1 Å². The molecule has 0 radical (unpaired) electrons. The van der Waals surface area contributed by atoms with Crippen molar-refractivity contribution in [2.45, 2.75) is 30.9 Å². The molecule has 0 aliphatic carbocycles. The third-order valence-electron chi connectivity index (χ3n) is 4.79. The highest BCUT2D eigenvalue weighted by Gasteiger charge is 2.28. The summed E-state index contributed by atoms with van der Waals surface area (Å²) in [6, 6.07) is 10.0. The maximum atomic E-state index is 12.9. The molecule has 0 unspecified atom stereocenters. The average Bonchev–Trinajstić information content (AvgIpc) is 3.24. The van der Waals surface area contributed by atoms with E-state index in [1.54, 1.807) is 19.2 Å². The molecule has 6 nitrogen and oxygen atoms in total. The van der Waals surface area contributed by atoms with Crippen LogP contribution in [0.15, 0.2) is 47.4 Å². The molecule has 0 atom stereocenters. The number of hydrogen-bond donors (Lipinski definition) is 0. The molecule has 1 amide bonds. The first-order chi connectivity index (χ1) is 14.2. The molecule has 0 saturated carbocycles. The van der Waals surface area contributed by atoms with Gasteiger partial charge in [-0.15, -0.1) is 0 Å². The molecule has 0 N–H and O–H groups in total. The molecule has 2 aromatic carbocycles. The number of rotatable bonds is 7. The summed E-state index contributed by atoms with van der Waals surface area (Å²) in [6.45, 7) is -1.82. The lowest BCUT2D eigenvalue weighted by atomic mass is 10.1. The Morgan fingerprint density at radius 3 is 2.40 bits per heavy atom. The van der Waals surface area contributed by atoms with E-state index in [0.29, 0.717) is 18.7 Å². The molecule has 30 heavy (non-hydrogen) atoms. The number of nitrogens with zero attached hydrogens (tertiary/aromatic N) is 2. The number of hydrogen-bond acceptors (Lipinski definition) is 4. The third kappa shape index (κ3) is 5.08. The Hall–Kier alpha value is -2.23. The van der Waals surface area contributed by atoms with Crippen LogP contribution < -0.4 is 4.74 Å². The third-order valence-corrected chi connectivity index (χ3v) is 7.01. The molecule has 1 fully saturated rings. The lowest BCUT2D eigenvalue weighted by molar-refractivity contribution is -0.0498. The fourth-order valence-corrected chi connectivity index (χ4v) is 4.98. The van der Waals surface area contributed by atoms with Gasteiger partial charge in [-0.1, -0.05) is 23.7 Å². The number of carbonyl (C=O) groups is 1. The second-order valence-corrected chi connectivity index (χ2v) is 9.28. The molecule has 0 aromatic heterocycles. The van der Waals surface area contributed by atoms with Crippen LogP contribution >= 0.6 is 11.6 Å². The highest BCUT2D eigenvalue weighted by Crippen LogP contribution is 2.26. The van der Waals surface area contributed by atoms with E-state index < -0.39 is 22.5 Å². The summed E-state index contributed by atoms with van der Waals surface area (Å²) in [5, 5.41) is 0.146. The first-order valence-corrected chi connectivity index (χ1v) is 11.1. The quantitative estimate of drug-likeness (QED) is 0.629. The molecule has 1 saturated heterocycles. The molecular formula is C20H21ClF2N2O4S. The Kier molecular flexibility index (Phi) is 6.95. The van der Waals surface area contributed by atoms with E-state index in [-0.39, 0.29) is 27.8 Å². The SMILES string of the molecule is CN(Cc1ccc(OC(F)F)cc1)C(=O)c1cc(S(=O)(=O)N2CCCC2)ccc1Cl. The summed E-state index contributed by atoms with van der Waals surface area (Å²) in [7, 11) is -2.14. The van der Waals surface area contributed by atoms with Crippen LogP contribution in [-0.2, 0) is 16.6 Å². The monoisotopic (exact) mass is 458 g/mol. The Balaban J connectivity index is 1.77. The van der Waals surface area contributed by atoms with Crippen LogP contribution in [0.2, 0.25) is 5.02 Å². The van der Waals surface area contributed by atoms with E-state index in [0.717, 1.165) is 12.8 Å². The van der Waals surface area contributed by atoms with Gasteiger partial charge in [0.2, 0.25) is 10.0 Å². The van der Waals surface area contributed by atoms with Crippen molar-refractivity contribution in [3.63, 3.8) is 0 Å². The van der Waals surface area contributed by atoms with Gasteiger partial charge in [0.25, 0.3) is 5.91 Å². The number of alkyl halides is 2. The van der Waals surface area contributed by atoms with Crippen molar-refractivity contribution in [3.8, 4) is 5.75 Å². The molecule has 162 valence electrons.